The molecule has 4 nitrogen and oxygen atoms in total. The van der Waals surface area contributed by atoms with E-state index in [4.69, 9.17) is 16.3 Å². The van der Waals surface area contributed by atoms with Gasteiger partial charge in [0.2, 0.25) is 0 Å². The van der Waals surface area contributed by atoms with Crippen LogP contribution in [0, 0.1) is 0 Å². The number of nitrogens with zero attached hydrogens (tertiary/aromatic N) is 1. The zero-order valence-electron chi connectivity index (χ0n) is 13.2. The number of hydrogen-bond donors (Lipinski definition) is 1. The van der Waals surface area contributed by atoms with Gasteiger partial charge < -0.3 is 4.74 Å². The Hall–Kier alpha value is -2.59. The molecule has 0 saturated carbocycles. The van der Waals surface area contributed by atoms with Crippen molar-refractivity contribution in [3.63, 3.8) is 0 Å². The van der Waals surface area contributed by atoms with E-state index in [0.717, 1.165) is 12.0 Å². The number of ether oxygens (including phenoxy) is 1. The van der Waals surface area contributed by atoms with Gasteiger partial charge in [-0.2, -0.15) is 5.10 Å². The van der Waals surface area contributed by atoms with Crippen molar-refractivity contribution in [3.8, 4) is 5.75 Å². The van der Waals surface area contributed by atoms with Crippen LogP contribution in [-0.2, 0) is 6.42 Å². The molecule has 0 aliphatic rings. The molecule has 0 bridgehead atoms. The van der Waals surface area contributed by atoms with Crippen LogP contribution >= 0.6 is 11.6 Å². The van der Waals surface area contributed by atoms with E-state index in [2.05, 4.69) is 29.3 Å². The summed E-state index contributed by atoms with van der Waals surface area (Å²) in [5, 5.41) is 7.18. The highest BCUT2D eigenvalue weighted by Crippen LogP contribution is 2.28. The number of benzene rings is 2. The number of aryl methyl sites for hydroxylation is 1. The van der Waals surface area contributed by atoms with Crippen LogP contribution in [0.5, 0.6) is 5.75 Å². The number of hydrogen-bond acceptors (Lipinski definition) is 3. The highest BCUT2D eigenvalue weighted by molar-refractivity contribution is 6.30. The van der Waals surface area contributed by atoms with Crippen molar-refractivity contribution in [2.45, 2.75) is 19.4 Å². The number of nitrogens with one attached hydrogen (secondary N) is 1. The van der Waals surface area contributed by atoms with Gasteiger partial charge >= 0.3 is 0 Å². The third kappa shape index (κ3) is 3.84. The van der Waals surface area contributed by atoms with Crippen LogP contribution in [0.2, 0.25) is 5.02 Å². The summed E-state index contributed by atoms with van der Waals surface area (Å²) >= 11 is 6.04. The SMILES string of the molecule is CCc1ccc(C(Oc2cccc(Cl)c2)c2ccc(=O)[nH]n2)cc1. The van der Waals surface area contributed by atoms with Crippen molar-refractivity contribution in [1.29, 1.82) is 0 Å². The first-order valence-corrected chi connectivity index (χ1v) is 8.10. The average molecular weight is 341 g/mol. The number of H-pyrrole nitrogens is 1. The predicted octanol–water partition coefficient (Wildman–Crippen LogP) is 4.15. The summed E-state index contributed by atoms with van der Waals surface area (Å²) in [6, 6.07) is 18.5. The predicted molar refractivity (Wildman–Crippen MR) is 94.6 cm³/mol. The minimum absolute atomic E-state index is 0.249. The molecule has 0 aliphatic carbocycles. The Labute approximate surface area is 145 Å². The highest BCUT2D eigenvalue weighted by Gasteiger charge is 2.18. The second-order valence-electron chi connectivity index (χ2n) is 5.40. The summed E-state index contributed by atoms with van der Waals surface area (Å²) in [7, 11) is 0. The van der Waals surface area contributed by atoms with Gasteiger partial charge in [0, 0.05) is 11.1 Å². The molecule has 0 saturated heterocycles. The lowest BCUT2D eigenvalue weighted by Crippen LogP contribution is -2.15. The first-order valence-electron chi connectivity index (χ1n) is 7.72. The van der Waals surface area contributed by atoms with E-state index in [0.29, 0.717) is 16.5 Å². The number of halogens is 1. The first-order chi connectivity index (χ1) is 11.7. The molecule has 1 N–H and O–H groups in total. The first kappa shape index (κ1) is 16.3. The molecule has 24 heavy (non-hydrogen) atoms. The van der Waals surface area contributed by atoms with Crippen LogP contribution in [0.3, 0.4) is 0 Å². The van der Waals surface area contributed by atoms with Crippen LogP contribution in [0.15, 0.2) is 65.5 Å². The van der Waals surface area contributed by atoms with Crippen molar-refractivity contribution in [2.24, 2.45) is 0 Å². The Morgan fingerprint density at radius 1 is 1.12 bits per heavy atom. The average Bonchev–Trinajstić information content (AvgIpc) is 2.61. The monoisotopic (exact) mass is 340 g/mol. The summed E-state index contributed by atoms with van der Waals surface area (Å²) in [4.78, 5) is 11.3. The summed E-state index contributed by atoms with van der Waals surface area (Å²) in [5.74, 6) is 0.639. The maximum absolute atomic E-state index is 11.3. The minimum atomic E-state index is -0.439. The minimum Gasteiger partial charge on any atom is -0.479 e. The lowest BCUT2D eigenvalue weighted by Gasteiger charge is -2.19. The van der Waals surface area contributed by atoms with Crippen molar-refractivity contribution >= 4 is 11.6 Å². The van der Waals surface area contributed by atoms with Crippen LogP contribution in [0.25, 0.3) is 0 Å². The van der Waals surface area contributed by atoms with Gasteiger partial charge in [0.05, 0.1) is 0 Å². The van der Waals surface area contributed by atoms with Crippen LogP contribution in [0.1, 0.15) is 29.8 Å². The van der Waals surface area contributed by atoms with Gasteiger partial charge in [0.15, 0.2) is 6.10 Å². The molecule has 2 aromatic carbocycles. The Bertz CT molecular complexity index is 855. The molecule has 1 unspecified atom stereocenters. The smallest absolute Gasteiger partial charge is 0.264 e. The van der Waals surface area contributed by atoms with E-state index in [1.807, 2.05) is 24.3 Å². The van der Waals surface area contributed by atoms with Crippen LogP contribution in [-0.4, -0.2) is 10.2 Å². The molecule has 1 aromatic heterocycles. The standard InChI is InChI=1S/C19H17ClN2O2/c1-2-13-6-8-14(9-7-13)19(17-10-11-18(23)22-21-17)24-16-5-3-4-15(20)12-16/h3-12,19H,2H2,1H3,(H,22,23). The highest BCUT2D eigenvalue weighted by atomic mass is 35.5. The van der Waals surface area contributed by atoms with E-state index in [1.54, 1.807) is 18.2 Å². The third-order valence-corrected chi connectivity index (χ3v) is 3.95. The Kier molecular flexibility index (Phi) is 4.96. The van der Waals surface area contributed by atoms with E-state index in [9.17, 15) is 4.79 Å². The fourth-order valence-corrected chi connectivity index (χ4v) is 2.59. The van der Waals surface area contributed by atoms with E-state index in [-0.39, 0.29) is 5.56 Å². The molecule has 1 heterocycles. The van der Waals surface area contributed by atoms with Crippen molar-refractivity contribution < 1.29 is 4.74 Å². The van der Waals surface area contributed by atoms with Crippen molar-refractivity contribution in [3.05, 3.63) is 92.9 Å². The molecule has 0 radical (unpaired) electrons. The summed E-state index contributed by atoms with van der Waals surface area (Å²) in [5.41, 5.74) is 2.57. The van der Waals surface area contributed by atoms with Gasteiger partial charge in [0.1, 0.15) is 11.4 Å². The topological polar surface area (TPSA) is 55.0 Å². The molecular weight excluding hydrogens is 324 g/mol. The number of aromatic nitrogens is 2. The number of aromatic amines is 1. The van der Waals surface area contributed by atoms with Crippen LogP contribution < -0.4 is 10.3 Å². The Morgan fingerprint density at radius 2 is 1.92 bits per heavy atom. The van der Waals surface area contributed by atoms with E-state index >= 15 is 0 Å². The molecule has 5 heteroatoms. The molecule has 0 fully saturated rings. The quantitative estimate of drug-likeness (QED) is 0.759. The second-order valence-corrected chi connectivity index (χ2v) is 5.83. The zero-order valence-corrected chi connectivity index (χ0v) is 14.0. The lowest BCUT2D eigenvalue weighted by molar-refractivity contribution is 0.241. The number of rotatable bonds is 5. The zero-order chi connectivity index (χ0) is 16.9. The summed E-state index contributed by atoms with van der Waals surface area (Å²) < 4.78 is 6.11. The molecule has 1 atom stereocenters. The van der Waals surface area contributed by atoms with Gasteiger partial charge in [-0.3, -0.25) is 4.79 Å². The Balaban J connectivity index is 1.99. The maximum Gasteiger partial charge on any atom is 0.264 e. The lowest BCUT2D eigenvalue weighted by atomic mass is 10.0. The molecule has 3 aromatic rings. The normalized spacial score (nSPS) is 11.9. The van der Waals surface area contributed by atoms with Gasteiger partial charge in [0.25, 0.3) is 5.56 Å². The fraction of sp³-hybridized carbons (Fsp3) is 0.158. The molecule has 0 amide bonds. The van der Waals surface area contributed by atoms with E-state index < -0.39 is 6.10 Å². The fourth-order valence-electron chi connectivity index (χ4n) is 2.40. The molecule has 122 valence electrons. The Morgan fingerprint density at radius 3 is 2.54 bits per heavy atom. The largest absolute Gasteiger partial charge is 0.479 e. The summed E-state index contributed by atoms with van der Waals surface area (Å²) in [6.45, 7) is 2.11. The van der Waals surface area contributed by atoms with Gasteiger partial charge in [-0.05, 0) is 41.8 Å². The van der Waals surface area contributed by atoms with Crippen molar-refractivity contribution in [1.82, 2.24) is 10.2 Å². The summed E-state index contributed by atoms with van der Waals surface area (Å²) in [6.07, 6.45) is 0.531. The van der Waals surface area contributed by atoms with Gasteiger partial charge in [-0.1, -0.05) is 48.9 Å². The molecular formula is C19H17ClN2O2. The maximum atomic E-state index is 11.3. The molecule has 0 aliphatic heterocycles. The third-order valence-electron chi connectivity index (χ3n) is 3.71. The van der Waals surface area contributed by atoms with Gasteiger partial charge in [-0.15, -0.1) is 0 Å². The van der Waals surface area contributed by atoms with Gasteiger partial charge in [-0.25, -0.2) is 5.10 Å². The second kappa shape index (κ2) is 7.32. The van der Waals surface area contributed by atoms with Crippen molar-refractivity contribution in [2.75, 3.05) is 0 Å². The molecule has 0 spiro atoms. The van der Waals surface area contributed by atoms with Crippen LogP contribution in [0.4, 0.5) is 0 Å². The molecule has 3 rings (SSSR count). The van der Waals surface area contributed by atoms with E-state index in [1.165, 1.54) is 11.6 Å².